The second-order valence-corrected chi connectivity index (χ2v) is 5.40. The molecule has 0 spiro atoms. The van der Waals surface area contributed by atoms with Gasteiger partial charge in [0.15, 0.2) is 0 Å². The van der Waals surface area contributed by atoms with Crippen molar-refractivity contribution in [3.8, 4) is 0 Å². The third-order valence-electron chi connectivity index (χ3n) is 3.91. The topological polar surface area (TPSA) is 15.3 Å². The Kier molecular flexibility index (Phi) is 5.53. The number of hydrogen-bond donors (Lipinski definition) is 1. The van der Waals surface area contributed by atoms with E-state index >= 15 is 0 Å². The largest absolute Gasteiger partial charge is 0.375 e. The summed E-state index contributed by atoms with van der Waals surface area (Å²) in [5.41, 5.74) is 1.31. The van der Waals surface area contributed by atoms with Crippen LogP contribution in [0, 0.1) is 0 Å². The molecule has 100 valence electrons. The third kappa shape index (κ3) is 4.34. The van der Waals surface area contributed by atoms with Gasteiger partial charge in [0, 0.05) is 25.3 Å². The van der Waals surface area contributed by atoms with E-state index in [0.717, 1.165) is 19.1 Å². The van der Waals surface area contributed by atoms with Crippen molar-refractivity contribution in [3.05, 3.63) is 30.3 Å². The summed E-state index contributed by atoms with van der Waals surface area (Å²) in [7, 11) is 2.18. The molecule has 1 aromatic rings. The Morgan fingerprint density at radius 1 is 1.11 bits per heavy atom. The van der Waals surface area contributed by atoms with Crippen LogP contribution in [0.5, 0.6) is 0 Å². The van der Waals surface area contributed by atoms with E-state index in [-0.39, 0.29) is 0 Å². The molecule has 1 aliphatic rings. The predicted molar refractivity (Wildman–Crippen MR) is 79.2 cm³/mol. The standard InChI is InChI=1S/C16H26N2/c1-18(16-11-6-3-7-12-16)14-8-13-17-15-9-4-2-5-10-15/h3,6-7,11-12,15,17H,2,4-5,8-10,13-14H2,1H3. The highest BCUT2D eigenvalue weighted by Crippen LogP contribution is 2.17. The van der Waals surface area contributed by atoms with Gasteiger partial charge in [-0.05, 0) is 37.9 Å². The van der Waals surface area contributed by atoms with Crippen LogP contribution >= 0.6 is 0 Å². The van der Waals surface area contributed by atoms with E-state index in [1.807, 2.05) is 0 Å². The zero-order chi connectivity index (χ0) is 12.6. The molecular weight excluding hydrogens is 220 g/mol. The summed E-state index contributed by atoms with van der Waals surface area (Å²) in [6.07, 6.45) is 8.27. The van der Waals surface area contributed by atoms with Gasteiger partial charge in [0.25, 0.3) is 0 Å². The number of nitrogens with one attached hydrogen (secondary N) is 1. The Morgan fingerprint density at radius 3 is 2.56 bits per heavy atom. The molecule has 0 aliphatic heterocycles. The van der Waals surface area contributed by atoms with Crippen LogP contribution in [0.25, 0.3) is 0 Å². The molecule has 0 heterocycles. The van der Waals surface area contributed by atoms with Crippen LogP contribution < -0.4 is 10.2 Å². The molecule has 2 nitrogen and oxygen atoms in total. The van der Waals surface area contributed by atoms with E-state index in [1.54, 1.807) is 0 Å². The first-order chi connectivity index (χ1) is 8.86. The molecule has 2 rings (SSSR count). The third-order valence-corrected chi connectivity index (χ3v) is 3.91. The van der Waals surface area contributed by atoms with Crippen molar-refractivity contribution >= 4 is 5.69 Å². The maximum atomic E-state index is 3.70. The van der Waals surface area contributed by atoms with Crippen molar-refractivity contribution in [2.24, 2.45) is 0 Å². The predicted octanol–water partition coefficient (Wildman–Crippen LogP) is 3.44. The Balaban J connectivity index is 1.60. The fourth-order valence-corrected chi connectivity index (χ4v) is 2.74. The second kappa shape index (κ2) is 7.42. The Morgan fingerprint density at radius 2 is 1.83 bits per heavy atom. The number of para-hydroxylation sites is 1. The first kappa shape index (κ1) is 13.4. The molecule has 0 aromatic heterocycles. The van der Waals surface area contributed by atoms with E-state index in [4.69, 9.17) is 0 Å². The molecular formula is C16H26N2. The van der Waals surface area contributed by atoms with Crippen LogP contribution in [0.1, 0.15) is 38.5 Å². The van der Waals surface area contributed by atoms with E-state index in [9.17, 15) is 0 Å². The maximum absolute atomic E-state index is 3.70. The van der Waals surface area contributed by atoms with Crippen LogP contribution in [-0.2, 0) is 0 Å². The molecule has 0 unspecified atom stereocenters. The van der Waals surface area contributed by atoms with Crippen molar-refractivity contribution < 1.29 is 0 Å². The highest BCUT2D eigenvalue weighted by Gasteiger charge is 2.11. The lowest BCUT2D eigenvalue weighted by Gasteiger charge is -2.24. The maximum Gasteiger partial charge on any atom is 0.0363 e. The van der Waals surface area contributed by atoms with Crippen LogP contribution in [-0.4, -0.2) is 26.2 Å². The molecule has 0 atom stereocenters. The van der Waals surface area contributed by atoms with E-state index in [1.165, 1.54) is 44.2 Å². The van der Waals surface area contributed by atoms with E-state index in [2.05, 4.69) is 47.6 Å². The molecule has 1 N–H and O–H groups in total. The Hall–Kier alpha value is -1.02. The van der Waals surface area contributed by atoms with Crippen molar-refractivity contribution in [2.75, 3.05) is 25.0 Å². The lowest BCUT2D eigenvalue weighted by Crippen LogP contribution is -2.33. The number of rotatable bonds is 6. The lowest BCUT2D eigenvalue weighted by atomic mass is 9.95. The summed E-state index contributed by atoms with van der Waals surface area (Å²) in [5.74, 6) is 0. The summed E-state index contributed by atoms with van der Waals surface area (Å²) in [5, 5.41) is 3.70. The highest BCUT2D eigenvalue weighted by molar-refractivity contribution is 5.44. The molecule has 1 aliphatic carbocycles. The van der Waals surface area contributed by atoms with Gasteiger partial charge in [-0.3, -0.25) is 0 Å². The second-order valence-electron chi connectivity index (χ2n) is 5.40. The zero-order valence-corrected chi connectivity index (χ0v) is 11.6. The molecule has 1 aromatic carbocycles. The molecule has 0 amide bonds. The monoisotopic (exact) mass is 246 g/mol. The van der Waals surface area contributed by atoms with Gasteiger partial charge in [-0.2, -0.15) is 0 Å². The Labute approximate surface area is 111 Å². The minimum atomic E-state index is 0.792. The average Bonchev–Trinajstić information content (AvgIpc) is 2.45. The Bertz CT molecular complexity index is 317. The highest BCUT2D eigenvalue weighted by atomic mass is 15.1. The first-order valence-corrected chi connectivity index (χ1v) is 7.36. The normalized spacial score (nSPS) is 16.7. The van der Waals surface area contributed by atoms with Crippen molar-refractivity contribution in [3.63, 3.8) is 0 Å². The molecule has 1 fully saturated rings. The fourth-order valence-electron chi connectivity index (χ4n) is 2.74. The van der Waals surface area contributed by atoms with Crippen LogP contribution in [0.3, 0.4) is 0 Å². The fraction of sp³-hybridized carbons (Fsp3) is 0.625. The van der Waals surface area contributed by atoms with Crippen LogP contribution in [0.4, 0.5) is 5.69 Å². The van der Waals surface area contributed by atoms with Gasteiger partial charge < -0.3 is 10.2 Å². The minimum Gasteiger partial charge on any atom is -0.375 e. The van der Waals surface area contributed by atoms with E-state index in [0.29, 0.717) is 0 Å². The van der Waals surface area contributed by atoms with E-state index < -0.39 is 0 Å². The number of benzene rings is 1. The molecule has 0 saturated heterocycles. The molecule has 0 radical (unpaired) electrons. The van der Waals surface area contributed by atoms with Crippen molar-refractivity contribution in [1.82, 2.24) is 5.32 Å². The van der Waals surface area contributed by atoms with Crippen molar-refractivity contribution in [1.29, 1.82) is 0 Å². The van der Waals surface area contributed by atoms with Crippen LogP contribution in [0.15, 0.2) is 30.3 Å². The number of nitrogens with zero attached hydrogens (tertiary/aromatic N) is 1. The average molecular weight is 246 g/mol. The molecule has 0 bridgehead atoms. The van der Waals surface area contributed by atoms with Gasteiger partial charge >= 0.3 is 0 Å². The summed E-state index contributed by atoms with van der Waals surface area (Å²) < 4.78 is 0. The summed E-state index contributed by atoms with van der Waals surface area (Å²) in [6.45, 7) is 2.28. The van der Waals surface area contributed by atoms with Gasteiger partial charge in [-0.1, -0.05) is 37.5 Å². The van der Waals surface area contributed by atoms with Gasteiger partial charge in [-0.15, -0.1) is 0 Å². The summed E-state index contributed by atoms with van der Waals surface area (Å²) in [6, 6.07) is 11.4. The zero-order valence-electron chi connectivity index (χ0n) is 11.6. The van der Waals surface area contributed by atoms with Gasteiger partial charge in [0.1, 0.15) is 0 Å². The SMILES string of the molecule is CN(CCCNC1CCCCC1)c1ccccc1. The van der Waals surface area contributed by atoms with Crippen molar-refractivity contribution in [2.45, 2.75) is 44.6 Å². The van der Waals surface area contributed by atoms with Crippen LogP contribution in [0.2, 0.25) is 0 Å². The van der Waals surface area contributed by atoms with Gasteiger partial charge in [0.05, 0.1) is 0 Å². The van der Waals surface area contributed by atoms with Gasteiger partial charge in [0.2, 0.25) is 0 Å². The number of anilines is 1. The summed E-state index contributed by atoms with van der Waals surface area (Å²) in [4.78, 5) is 2.34. The quantitative estimate of drug-likeness (QED) is 0.774. The first-order valence-electron chi connectivity index (χ1n) is 7.36. The number of hydrogen-bond acceptors (Lipinski definition) is 2. The molecule has 18 heavy (non-hydrogen) atoms. The molecule has 2 heteroatoms. The smallest absolute Gasteiger partial charge is 0.0363 e. The lowest BCUT2D eigenvalue weighted by molar-refractivity contribution is 0.373. The summed E-state index contributed by atoms with van der Waals surface area (Å²) >= 11 is 0. The minimum absolute atomic E-state index is 0.792. The van der Waals surface area contributed by atoms with Gasteiger partial charge in [-0.25, -0.2) is 0 Å². The molecule has 1 saturated carbocycles.